The van der Waals surface area contributed by atoms with Crippen molar-refractivity contribution in [2.45, 2.75) is 123 Å². The van der Waals surface area contributed by atoms with E-state index in [-0.39, 0.29) is 32.2 Å². The van der Waals surface area contributed by atoms with Crippen LogP contribution in [0.25, 0.3) is 0 Å². The fourth-order valence-electron chi connectivity index (χ4n) is 3.88. The highest BCUT2D eigenvalue weighted by Crippen LogP contribution is 2.43. The van der Waals surface area contributed by atoms with Crippen LogP contribution in [0.2, 0.25) is 0 Å². The van der Waals surface area contributed by atoms with E-state index in [2.05, 4.69) is 19.1 Å². The Kier molecular flexibility index (Phi) is 24.5. The standard InChI is InChI=1S/C30H60NO7P/c1-6-8-9-10-11-12-13-14-15-16-17-18-19-20-21-22-25-35-27-29(38-30(32)23-7-2)28-37-39(33,34)36-26-24-31(3,4)5/h14-15,29H,6-13,16-28H2,1-5H3/p+1/b15-14-. The smallest absolute Gasteiger partial charge is 0.457 e. The van der Waals surface area contributed by atoms with Crippen molar-refractivity contribution in [2.24, 2.45) is 0 Å². The van der Waals surface area contributed by atoms with Crippen LogP contribution in [0.1, 0.15) is 117 Å². The van der Waals surface area contributed by atoms with Gasteiger partial charge in [0.25, 0.3) is 0 Å². The first kappa shape index (κ1) is 38.2. The summed E-state index contributed by atoms with van der Waals surface area (Å²) in [5.41, 5.74) is 0. The number of likely N-dealkylation sites (N-methyl/N-ethyl adjacent to an activating group) is 1. The van der Waals surface area contributed by atoms with E-state index < -0.39 is 13.9 Å². The number of phosphoric acid groups is 1. The van der Waals surface area contributed by atoms with Crippen LogP contribution in [0.3, 0.4) is 0 Å². The molecular formula is C30H61NO7P+. The summed E-state index contributed by atoms with van der Waals surface area (Å²) in [5, 5.41) is 0. The first-order chi connectivity index (χ1) is 18.6. The van der Waals surface area contributed by atoms with Gasteiger partial charge in [0.15, 0.2) is 0 Å². The van der Waals surface area contributed by atoms with Gasteiger partial charge in [0.1, 0.15) is 19.3 Å². The van der Waals surface area contributed by atoms with Crippen LogP contribution >= 0.6 is 7.82 Å². The largest absolute Gasteiger partial charge is 0.472 e. The number of rotatable bonds is 28. The highest BCUT2D eigenvalue weighted by Gasteiger charge is 2.26. The van der Waals surface area contributed by atoms with Crippen molar-refractivity contribution < 1.29 is 37.3 Å². The monoisotopic (exact) mass is 578 g/mol. The quantitative estimate of drug-likeness (QED) is 0.0336. The third-order valence-electron chi connectivity index (χ3n) is 6.30. The van der Waals surface area contributed by atoms with Crippen molar-refractivity contribution >= 4 is 13.8 Å². The molecule has 0 saturated heterocycles. The Morgan fingerprint density at radius 3 is 1.90 bits per heavy atom. The van der Waals surface area contributed by atoms with Crippen molar-refractivity contribution in [3.8, 4) is 0 Å². The summed E-state index contributed by atoms with van der Waals surface area (Å²) in [6.45, 7) is 5.22. The van der Waals surface area contributed by atoms with E-state index >= 15 is 0 Å². The molecule has 39 heavy (non-hydrogen) atoms. The SMILES string of the molecule is CCCCCCCC/C=C\CCCCCCCCOCC(COP(=O)(O)OCC[N+](C)(C)C)OC(=O)CCC. The number of ether oxygens (including phenoxy) is 2. The molecule has 0 amide bonds. The Balaban J connectivity index is 3.95. The zero-order chi connectivity index (χ0) is 29.2. The predicted molar refractivity (Wildman–Crippen MR) is 160 cm³/mol. The minimum absolute atomic E-state index is 0.0873. The van der Waals surface area contributed by atoms with Crippen molar-refractivity contribution in [1.82, 2.24) is 0 Å². The average molecular weight is 579 g/mol. The molecule has 8 nitrogen and oxygen atoms in total. The molecule has 0 heterocycles. The van der Waals surface area contributed by atoms with Crippen LogP contribution in [-0.4, -0.2) is 75.6 Å². The lowest BCUT2D eigenvalue weighted by molar-refractivity contribution is -0.870. The number of unbranched alkanes of at least 4 members (excludes halogenated alkanes) is 12. The number of allylic oxidation sites excluding steroid dienone is 2. The highest BCUT2D eigenvalue weighted by molar-refractivity contribution is 7.47. The number of carbonyl (C=O) groups is 1. The minimum atomic E-state index is -4.23. The fraction of sp³-hybridized carbons (Fsp3) is 0.900. The Hall–Kier alpha value is -0.760. The van der Waals surface area contributed by atoms with Crippen molar-refractivity contribution in [2.75, 3.05) is 54.1 Å². The molecule has 0 saturated carbocycles. The summed E-state index contributed by atoms with van der Waals surface area (Å²) in [6.07, 6.45) is 22.4. The van der Waals surface area contributed by atoms with E-state index in [9.17, 15) is 14.3 Å². The zero-order valence-corrected chi connectivity index (χ0v) is 26.8. The average Bonchev–Trinajstić information content (AvgIpc) is 2.85. The first-order valence-corrected chi connectivity index (χ1v) is 16.9. The number of hydrogen-bond acceptors (Lipinski definition) is 6. The topological polar surface area (TPSA) is 91.3 Å². The zero-order valence-electron chi connectivity index (χ0n) is 25.9. The molecule has 1 N–H and O–H groups in total. The van der Waals surface area contributed by atoms with Gasteiger partial charge in [0.05, 0.1) is 34.4 Å². The molecule has 0 aromatic carbocycles. The lowest BCUT2D eigenvalue weighted by atomic mass is 10.1. The second-order valence-electron chi connectivity index (χ2n) is 11.5. The summed E-state index contributed by atoms with van der Waals surface area (Å²) in [4.78, 5) is 21.9. The number of hydrogen-bond donors (Lipinski definition) is 1. The van der Waals surface area contributed by atoms with Gasteiger partial charge < -0.3 is 18.9 Å². The van der Waals surface area contributed by atoms with Gasteiger partial charge in [0, 0.05) is 13.0 Å². The molecule has 232 valence electrons. The number of quaternary nitrogens is 1. The van der Waals surface area contributed by atoms with E-state index in [0.717, 1.165) is 12.8 Å². The fourth-order valence-corrected chi connectivity index (χ4v) is 4.62. The maximum atomic E-state index is 12.2. The molecule has 2 atom stereocenters. The molecular weight excluding hydrogens is 517 g/mol. The van der Waals surface area contributed by atoms with E-state index in [0.29, 0.717) is 24.1 Å². The molecule has 0 aromatic heterocycles. The molecule has 2 unspecified atom stereocenters. The molecule has 0 rings (SSSR count). The Morgan fingerprint density at radius 2 is 1.33 bits per heavy atom. The van der Waals surface area contributed by atoms with Crippen molar-refractivity contribution in [3.05, 3.63) is 12.2 Å². The third kappa shape index (κ3) is 28.6. The van der Waals surface area contributed by atoms with E-state index in [4.69, 9.17) is 18.5 Å². The second-order valence-corrected chi connectivity index (χ2v) is 12.9. The molecule has 0 aliphatic rings. The summed E-state index contributed by atoms with van der Waals surface area (Å²) in [7, 11) is 1.66. The first-order valence-electron chi connectivity index (χ1n) is 15.4. The third-order valence-corrected chi connectivity index (χ3v) is 7.28. The van der Waals surface area contributed by atoms with E-state index in [1.807, 2.05) is 28.1 Å². The van der Waals surface area contributed by atoms with E-state index in [1.165, 1.54) is 77.0 Å². The van der Waals surface area contributed by atoms with Crippen LogP contribution in [0.4, 0.5) is 0 Å². The van der Waals surface area contributed by atoms with Gasteiger partial charge in [-0.2, -0.15) is 0 Å². The molecule has 0 spiro atoms. The van der Waals surface area contributed by atoms with Gasteiger partial charge in [-0.3, -0.25) is 13.8 Å². The molecule has 9 heteroatoms. The van der Waals surface area contributed by atoms with Crippen LogP contribution in [0, 0.1) is 0 Å². The van der Waals surface area contributed by atoms with Crippen LogP contribution < -0.4 is 0 Å². The molecule has 0 fully saturated rings. The molecule has 0 aliphatic heterocycles. The van der Waals surface area contributed by atoms with Gasteiger partial charge in [0.2, 0.25) is 0 Å². The maximum Gasteiger partial charge on any atom is 0.472 e. The summed E-state index contributed by atoms with van der Waals surface area (Å²) in [6, 6.07) is 0. The minimum Gasteiger partial charge on any atom is -0.457 e. The summed E-state index contributed by atoms with van der Waals surface area (Å²) in [5.74, 6) is -0.370. The number of phosphoric ester groups is 1. The Morgan fingerprint density at radius 1 is 0.769 bits per heavy atom. The highest BCUT2D eigenvalue weighted by atomic mass is 31.2. The van der Waals surface area contributed by atoms with Gasteiger partial charge in [-0.15, -0.1) is 0 Å². The van der Waals surface area contributed by atoms with Crippen LogP contribution in [0.15, 0.2) is 12.2 Å². The Bertz CT molecular complexity index is 652. The summed E-state index contributed by atoms with van der Waals surface area (Å²) >= 11 is 0. The van der Waals surface area contributed by atoms with Crippen molar-refractivity contribution in [3.63, 3.8) is 0 Å². The van der Waals surface area contributed by atoms with Gasteiger partial charge in [-0.05, 0) is 38.5 Å². The van der Waals surface area contributed by atoms with Crippen LogP contribution in [0.5, 0.6) is 0 Å². The molecule has 0 aliphatic carbocycles. The van der Waals surface area contributed by atoms with Gasteiger partial charge in [-0.25, -0.2) is 4.57 Å². The maximum absolute atomic E-state index is 12.2. The Labute approximate surface area is 240 Å². The summed E-state index contributed by atoms with van der Waals surface area (Å²) < 4.78 is 34.0. The normalized spacial score (nSPS) is 14.5. The van der Waals surface area contributed by atoms with Crippen LogP contribution in [-0.2, 0) is 27.9 Å². The number of esters is 1. The van der Waals surface area contributed by atoms with Crippen molar-refractivity contribution in [1.29, 1.82) is 0 Å². The van der Waals surface area contributed by atoms with E-state index in [1.54, 1.807) is 0 Å². The lowest BCUT2D eigenvalue weighted by Crippen LogP contribution is -2.37. The molecule has 0 aromatic rings. The second kappa shape index (κ2) is 25.0. The molecule has 0 bridgehead atoms. The van der Waals surface area contributed by atoms with Gasteiger partial charge in [-0.1, -0.05) is 83.8 Å². The van der Waals surface area contributed by atoms with Gasteiger partial charge >= 0.3 is 13.8 Å². The number of nitrogens with zero attached hydrogens (tertiary/aromatic N) is 1. The predicted octanol–water partition coefficient (Wildman–Crippen LogP) is 7.59. The number of carbonyl (C=O) groups excluding carboxylic acids is 1. The lowest BCUT2D eigenvalue weighted by Gasteiger charge is -2.24. The molecule has 0 radical (unpaired) electrons.